The Balaban J connectivity index is 0.000000409. The van der Waals surface area contributed by atoms with Gasteiger partial charge in [-0.15, -0.1) is 0 Å². The molecule has 1 N–H and O–H groups in total. The number of carboxylic acid groups (broad SMARTS) is 1. The van der Waals surface area contributed by atoms with Crippen molar-refractivity contribution in [2.75, 3.05) is 0 Å². The fraction of sp³-hybridized carbons (Fsp3) is 0.667. The second kappa shape index (κ2) is 9.44. The van der Waals surface area contributed by atoms with Crippen LogP contribution in [0.5, 0.6) is 0 Å². The fourth-order valence-corrected chi connectivity index (χ4v) is 2.15. The van der Waals surface area contributed by atoms with Crippen molar-refractivity contribution in [3.05, 3.63) is 23.8 Å². The summed E-state index contributed by atoms with van der Waals surface area (Å²) >= 11 is 0. The van der Waals surface area contributed by atoms with E-state index >= 15 is 0 Å². The number of aliphatic carboxylic acids is 1. The van der Waals surface area contributed by atoms with Crippen LogP contribution in [0.3, 0.4) is 0 Å². The molecule has 0 aliphatic heterocycles. The van der Waals surface area contributed by atoms with Gasteiger partial charge in [-0.05, 0) is 44.9 Å². The molecule has 1 saturated carbocycles. The van der Waals surface area contributed by atoms with Gasteiger partial charge in [-0.3, -0.25) is 0 Å². The zero-order valence-electron chi connectivity index (χ0n) is 14.6. The molecular weight excluding hydrogens is 280 g/mol. The van der Waals surface area contributed by atoms with Gasteiger partial charge in [-0.1, -0.05) is 39.8 Å². The van der Waals surface area contributed by atoms with Gasteiger partial charge in [0.15, 0.2) is 0 Å². The van der Waals surface area contributed by atoms with Crippen molar-refractivity contribution >= 4 is 11.9 Å². The summed E-state index contributed by atoms with van der Waals surface area (Å²) in [5, 5.41) is 8.48. The highest BCUT2D eigenvalue weighted by Crippen LogP contribution is 2.20. The monoisotopic (exact) mass is 310 g/mol. The van der Waals surface area contributed by atoms with Crippen LogP contribution < -0.4 is 0 Å². The Morgan fingerprint density at radius 1 is 1.14 bits per heavy atom. The van der Waals surface area contributed by atoms with Crippen LogP contribution in [-0.4, -0.2) is 23.1 Å². The van der Waals surface area contributed by atoms with Crippen molar-refractivity contribution in [3.63, 3.8) is 0 Å². The first-order valence-electron chi connectivity index (χ1n) is 7.82. The fourth-order valence-electron chi connectivity index (χ4n) is 2.15. The van der Waals surface area contributed by atoms with Crippen LogP contribution in [0.2, 0.25) is 0 Å². The van der Waals surface area contributed by atoms with Gasteiger partial charge in [0.25, 0.3) is 0 Å². The van der Waals surface area contributed by atoms with Crippen molar-refractivity contribution in [3.8, 4) is 0 Å². The summed E-state index contributed by atoms with van der Waals surface area (Å²) in [6.07, 6.45) is 7.61. The summed E-state index contributed by atoms with van der Waals surface area (Å²) < 4.78 is 5.21. The minimum absolute atomic E-state index is 0.0392. The zero-order valence-corrected chi connectivity index (χ0v) is 14.6. The molecule has 0 unspecified atom stereocenters. The molecule has 0 spiro atoms. The number of allylic oxidation sites excluding steroid dienone is 1. The van der Waals surface area contributed by atoms with Gasteiger partial charge in [-0.2, -0.15) is 0 Å². The van der Waals surface area contributed by atoms with E-state index in [4.69, 9.17) is 9.84 Å². The molecule has 0 amide bonds. The zero-order chi connectivity index (χ0) is 17.3. The van der Waals surface area contributed by atoms with E-state index in [2.05, 4.69) is 6.58 Å². The number of rotatable bonds is 3. The predicted octanol–water partition coefficient (Wildman–Crippen LogP) is 4.50. The van der Waals surface area contributed by atoms with Crippen LogP contribution in [-0.2, 0) is 14.3 Å². The highest BCUT2D eigenvalue weighted by molar-refractivity contribution is 5.87. The first-order chi connectivity index (χ1) is 10.0. The maximum Gasteiger partial charge on any atom is 0.333 e. The molecule has 4 heteroatoms. The molecule has 126 valence electrons. The van der Waals surface area contributed by atoms with Crippen molar-refractivity contribution < 1.29 is 19.4 Å². The van der Waals surface area contributed by atoms with Gasteiger partial charge >= 0.3 is 11.9 Å². The number of carbonyl (C=O) groups is 2. The highest BCUT2D eigenvalue weighted by atomic mass is 16.5. The summed E-state index contributed by atoms with van der Waals surface area (Å²) in [7, 11) is 0. The molecule has 1 rings (SSSR count). The van der Waals surface area contributed by atoms with E-state index in [1.807, 2.05) is 20.8 Å². The van der Waals surface area contributed by atoms with Crippen LogP contribution in [0, 0.1) is 5.41 Å². The van der Waals surface area contributed by atoms with Gasteiger partial charge in [0.2, 0.25) is 0 Å². The number of carbonyl (C=O) groups excluding carboxylic acids is 1. The van der Waals surface area contributed by atoms with Gasteiger partial charge in [0, 0.05) is 11.1 Å². The van der Waals surface area contributed by atoms with E-state index in [9.17, 15) is 9.59 Å². The summed E-state index contributed by atoms with van der Waals surface area (Å²) in [4.78, 5) is 21.4. The highest BCUT2D eigenvalue weighted by Gasteiger charge is 2.17. The smallest absolute Gasteiger partial charge is 0.333 e. The Kier molecular flexibility index (Phi) is 8.76. The Morgan fingerprint density at radius 2 is 1.64 bits per heavy atom. The molecule has 22 heavy (non-hydrogen) atoms. The van der Waals surface area contributed by atoms with Crippen molar-refractivity contribution in [1.82, 2.24) is 0 Å². The standard InChI is InChI=1S/C10H16O2.C8H14O2/c1-8(2)10(11)12-9-6-4-3-5-7-9;1-6(7(9)10)5-8(2,3)4/h9H,1,3-7H2,2H3;5H,1-4H3,(H,9,10). The summed E-state index contributed by atoms with van der Waals surface area (Å²) in [5.41, 5.74) is 0.871. The average Bonchev–Trinajstić information content (AvgIpc) is 2.38. The summed E-state index contributed by atoms with van der Waals surface area (Å²) in [5.74, 6) is -1.07. The minimum atomic E-state index is -0.838. The molecule has 0 saturated heterocycles. The second-order valence-electron chi connectivity index (χ2n) is 6.94. The molecule has 1 aliphatic rings. The molecule has 0 bridgehead atoms. The predicted molar refractivity (Wildman–Crippen MR) is 88.6 cm³/mol. The van der Waals surface area contributed by atoms with E-state index in [0.717, 1.165) is 12.8 Å². The first-order valence-corrected chi connectivity index (χ1v) is 7.82. The van der Waals surface area contributed by atoms with E-state index < -0.39 is 5.97 Å². The molecule has 0 atom stereocenters. The van der Waals surface area contributed by atoms with E-state index in [1.165, 1.54) is 19.3 Å². The largest absolute Gasteiger partial charge is 0.478 e. The first kappa shape index (κ1) is 20.4. The molecule has 0 aromatic heterocycles. The number of carboxylic acids is 1. The lowest BCUT2D eigenvalue weighted by atomic mass is 9.94. The molecule has 0 aromatic rings. The van der Waals surface area contributed by atoms with Crippen LogP contribution in [0.4, 0.5) is 0 Å². The lowest BCUT2D eigenvalue weighted by Crippen LogP contribution is -2.20. The third-order valence-corrected chi connectivity index (χ3v) is 3.16. The van der Waals surface area contributed by atoms with Crippen LogP contribution >= 0.6 is 0 Å². The van der Waals surface area contributed by atoms with Gasteiger partial charge in [-0.25, -0.2) is 9.59 Å². The maximum atomic E-state index is 11.1. The number of ether oxygens (including phenoxy) is 1. The van der Waals surface area contributed by atoms with Crippen LogP contribution in [0.25, 0.3) is 0 Å². The number of hydrogen-bond donors (Lipinski definition) is 1. The molecule has 4 nitrogen and oxygen atoms in total. The molecule has 0 aromatic carbocycles. The summed E-state index contributed by atoms with van der Waals surface area (Å²) in [6.45, 7) is 12.8. The van der Waals surface area contributed by atoms with Crippen molar-refractivity contribution in [2.24, 2.45) is 5.41 Å². The summed E-state index contributed by atoms with van der Waals surface area (Å²) in [6, 6.07) is 0. The number of esters is 1. The third kappa shape index (κ3) is 10.2. The van der Waals surface area contributed by atoms with Gasteiger partial charge in [0.05, 0.1) is 0 Å². The topological polar surface area (TPSA) is 63.6 Å². The van der Waals surface area contributed by atoms with Crippen molar-refractivity contribution in [1.29, 1.82) is 0 Å². The Bertz CT molecular complexity index is 421. The average molecular weight is 310 g/mol. The SMILES string of the molecule is C=C(C)C(=O)OC1CCCCC1.CC(=CC(C)(C)C)C(=O)O. The lowest BCUT2D eigenvalue weighted by Gasteiger charge is -2.21. The van der Waals surface area contributed by atoms with E-state index in [1.54, 1.807) is 19.9 Å². The normalized spacial score (nSPS) is 16.3. The van der Waals surface area contributed by atoms with Crippen molar-refractivity contribution in [2.45, 2.75) is 72.8 Å². The Hall–Kier alpha value is -1.58. The molecule has 1 fully saturated rings. The quantitative estimate of drug-likeness (QED) is 0.615. The Labute approximate surface area is 134 Å². The third-order valence-electron chi connectivity index (χ3n) is 3.16. The van der Waals surface area contributed by atoms with E-state index in [-0.39, 0.29) is 17.5 Å². The molecular formula is C18H30O4. The number of hydrogen-bond acceptors (Lipinski definition) is 3. The second-order valence-corrected chi connectivity index (χ2v) is 6.94. The molecule has 0 heterocycles. The molecule has 1 aliphatic carbocycles. The lowest BCUT2D eigenvalue weighted by molar-refractivity contribution is -0.145. The van der Waals surface area contributed by atoms with Crippen LogP contribution in [0.15, 0.2) is 23.8 Å². The van der Waals surface area contributed by atoms with Crippen LogP contribution in [0.1, 0.15) is 66.7 Å². The molecule has 0 radical (unpaired) electrons. The van der Waals surface area contributed by atoms with Gasteiger partial charge in [0.1, 0.15) is 6.10 Å². The van der Waals surface area contributed by atoms with Gasteiger partial charge < -0.3 is 9.84 Å². The Morgan fingerprint density at radius 3 is 1.95 bits per heavy atom. The van der Waals surface area contributed by atoms with E-state index in [0.29, 0.717) is 11.1 Å². The minimum Gasteiger partial charge on any atom is -0.478 e. The maximum absolute atomic E-state index is 11.1.